The summed E-state index contributed by atoms with van der Waals surface area (Å²) < 4.78 is 0. The Hall–Kier alpha value is -2.51. The molecule has 1 aliphatic heterocycles. The first-order chi connectivity index (χ1) is 12.0. The molecule has 3 N–H and O–H groups in total. The van der Waals surface area contributed by atoms with Gasteiger partial charge in [0, 0.05) is 17.1 Å². The van der Waals surface area contributed by atoms with Crippen LogP contribution in [-0.2, 0) is 9.59 Å². The van der Waals surface area contributed by atoms with Crippen molar-refractivity contribution in [1.82, 2.24) is 5.32 Å². The maximum atomic E-state index is 12.1. The fraction of sp³-hybridized carbons (Fsp3) is 0.118. The Balaban J connectivity index is 1.59. The van der Waals surface area contributed by atoms with Gasteiger partial charge in [0.2, 0.25) is 11.8 Å². The van der Waals surface area contributed by atoms with Gasteiger partial charge in [0.15, 0.2) is 5.17 Å². The van der Waals surface area contributed by atoms with Crippen molar-refractivity contribution in [2.24, 2.45) is 4.99 Å². The van der Waals surface area contributed by atoms with Crippen LogP contribution in [0.25, 0.3) is 0 Å². The molecular formula is C17H14ClN3O3S. The Kier molecular flexibility index (Phi) is 5.25. The number of aliphatic imine (C=N–C) groups is 1. The third-order valence-corrected chi connectivity index (χ3v) is 4.69. The predicted molar refractivity (Wildman–Crippen MR) is 99.4 cm³/mol. The first-order valence-corrected chi connectivity index (χ1v) is 8.66. The van der Waals surface area contributed by atoms with E-state index in [0.717, 1.165) is 0 Å². The van der Waals surface area contributed by atoms with Gasteiger partial charge in [-0.15, -0.1) is 0 Å². The number of carbonyl (C=O) groups is 2. The summed E-state index contributed by atoms with van der Waals surface area (Å²) in [5, 5.41) is 15.1. The van der Waals surface area contributed by atoms with Crippen molar-refractivity contribution < 1.29 is 14.7 Å². The summed E-state index contributed by atoms with van der Waals surface area (Å²) in [4.78, 5) is 28.4. The van der Waals surface area contributed by atoms with Crippen LogP contribution in [0.4, 0.5) is 11.4 Å². The lowest BCUT2D eigenvalue weighted by Gasteiger charge is -2.07. The zero-order valence-corrected chi connectivity index (χ0v) is 14.5. The van der Waals surface area contributed by atoms with E-state index in [9.17, 15) is 14.7 Å². The number of hydrogen-bond acceptors (Lipinski definition) is 5. The minimum Gasteiger partial charge on any atom is -0.508 e. The second kappa shape index (κ2) is 7.58. The monoisotopic (exact) mass is 375 g/mol. The lowest BCUT2D eigenvalue weighted by molar-refractivity contribution is -0.122. The number of halogens is 1. The number of phenolic OH excluding ortho intramolecular Hbond substituents is 1. The van der Waals surface area contributed by atoms with Crippen molar-refractivity contribution in [1.29, 1.82) is 0 Å². The number of carbonyl (C=O) groups excluding carboxylic acids is 2. The maximum absolute atomic E-state index is 12.1. The van der Waals surface area contributed by atoms with Crippen LogP contribution in [0, 0.1) is 0 Å². The summed E-state index contributed by atoms with van der Waals surface area (Å²) in [6.07, 6.45) is 0.0354. The number of amidine groups is 1. The van der Waals surface area contributed by atoms with E-state index in [1.165, 1.54) is 23.9 Å². The highest BCUT2D eigenvalue weighted by Crippen LogP contribution is 2.26. The topological polar surface area (TPSA) is 90.8 Å². The first kappa shape index (κ1) is 17.3. The molecule has 2 amide bonds. The molecule has 1 fully saturated rings. The molecule has 3 rings (SSSR count). The number of amides is 2. The normalized spacial score (nSPS) is 18.2. The largest absolute Gasteiger partial charge is 0.508 e. The van der Waals surface area contributed by atoms with E-state index < -0.39 is 5.25 Å². The van der Waals surface area contributed by atoms with Crippen molar-refractivity contribution >= 4 is 51.7 Å². The standard InChI is InChI=1S/C17H14ClN3O3S/c18-10-1-3-11(4-2-10)19-15(23)9-14-16(24)21-17(25-14)20-12-5-7-13(22)8-6-12/h1-8,14,22H,9H2,(H,19,23)(H,20,21,24). The number of hydrogen-bond donors (Lipinski definition) is 3. The molecule has 0 aromatic heterocycles. The van der Waals surface area contributed by atoms with Gasteiger partial charge in [-0.2, -0.15) is 0 Å². The van der Waals surface area contributed by atoms with Crippen molar-refractivity contribution in [3.05, 3.63) is 53.6 Å². The summed E-state index contributed by atoms with van der Waals surface area (Å²) in [5.74, 6) is -0.376. The van der Waals surface area contributed by atoms with Crippen LogP contribution in [0.3, 0.4) is 0 Å². The maximum Gasteiger partial charge on any atom is 0.240 e. The van der Waals surface area contributed by atoms with Crippen LogP contribution < -0.4 is 10.6 Å². The highest BCUT2D eigenvalue weighted by Gasteiger charge is 2.32. The molecule has 1 saturated heterocycles. The zero-order valence-electron chi connectivity index (χ0n) is 12.9. The Morgan fingerprint density at radius 1 is 1.20 bits per heavy atom. The lowest BCUT2D eigenvalue weighted by Crippen LogP contribution is -2.28. The summed E-state index contributed by atoms with van der Waals surface area (Å²) in [7, 11) is 0. The number of nitrogens with zero attached hydrogens (tertiary/aromatic N) is 1. The van der Waals surface area contributed by atoms with Gasteiger partial charge in [0.05, 0.1) is 5.69 Å². The highest BCUT2D eigenvalue weighted by atomic mass is 35.5. The molecule has 25 heavy (non-hydrogen) atoms. The van der Waals surface area contributed by atoms with Crippen molar-refractivity contribution in [2.75, 3.05) is 5.32 Å². The van der Waals surface area contributed by atoms with Crippen LogP contribution in [0.5, 0.6) is 5.75 Å². The van der Waals surface area contributed by atoms with Crippen LogP contribution >= 0.6 is 23.4 Å². The van der Waals surface area contributed by atoms with Crippen LogP contribution in [0.1, 0.15) is 6.42 Å². The minimum absolute atomic E-state index is 0.0354. The molecule has 1 unspecified atom stereocenters. The lowest BCUT2D eigenvalue weighted by atomic mass is 10.2. The Labute approximate surface area is 153 Å². The average molecular weight is 376 g/mol. The van der Waals surface area contributed by atoms with E-state index in [0.29, 0.717) is 21.6 Å². The van der Waals surface area contributed by atoms with E-state index >= 15 is 0 Å². The van der Waals surface area contributed by atoms with E-state index in [1.54, 1.807) is 36.4 Å². The van der Waals surface area contributed by atoms with Gasteiger partial charge in [-0.25, -0.2) is 4.99 Å². The fourth-order valence-corrected chi connectivity index (χ4v) is 3.26. The Morgan fingerprint density at radius 3 is 2.56 bits per heavy atom. The van der Waals surface area contributed by atoms with Crippen molar-refractivity contribution in [3.8, 4) is 5.75 Å². The average Bonchev–Trinajstić information content (AvgIpc) is 2.91. The van der Waals surface area contributed by atoms with E-state index in [2.05, 4.69) is 15.6 Å². The molecule has 2 aromatic carbocycles. The van der Waals surface area contributed by atoms with Crippen molar-refractivity contribution in [2.45, 2.75) is 11.7 Å². The fourth-order valence-electron chi connectivity index (χ4n) is 2.15. The Morgan fingerprint density at radius 2 is 1.88 bits per heavy atom. The van der Waals surface area contributed by atoms with Gasteiger partial charge >= 0.3 is 0 Å². The SMILES string of the molecule is O=C(CC1SC(=Nc2ccc(O)cc2)NC1=O)Nc1ccc(Cl)cc1. The number of anilines is 1. The smallest absolute Gasteiger partial charge is 0.240 e. The first-order valence-electron chi connectivity index (χ1n) is 7.40. The molecule has 0 spiro atoms. The molecule has 2 aromatic rings. The van der Waals surface area contributed by atoms with Crippen LogP contribution in [-0.4, -0.2) is 27.3 Å². The van der Waals surface area contributed by atoms with Crippen LogP contribution in [0.15, 0.2) is 53.5 Å². The third-order valence-electron chi connectivity index (χ3n) is 3.36. The molecule has 8 heteroatoms. The number of nitrogens with one attached hydrogen (secondary N) is 2. The molecule has 128 valence electrons. The molecule has 0 radical (unpaired) electrons. The van der Waals surface area contributed by atoms with E-state index in [-0.39, 0.29) is 24.0 Å². The number of aromatic hydroxyl groups is 1. The molecule has 0 aliphatic carbocycles. The summed E-state index contributed by atoms with van der Waals surface area (Å²) in [5.41, 5.74) is 1.22. The van der Waals surface area contributed by atoms with Crippen molar-refractivity contribution in [3.63, 3.8) is 0 Å². The predicted octanol–water partition coefficient (Wildman–Crippen LogP) is 3.29. The van der Waals surface area contributed by atoms with Gasteiger partial charge in [0.1, 0.15) is 11.0 Å². The highest BCUT2D eigenvalue weighted by molar-refractivity contribution is 8.15. The molecule has 6 nitrogen and oxygen atoms in total. The van der Waals surface area contributed by atoms with Crippen LogP contribution in [0.2, 0.25) is 5.02 Å². The summed E-state index contributed by atoms with van der Waals surface area (Å²) in [6, 6.07) is 13.0. The van der Waals surface area contributed by atoms with Gasteiger partial charge < -0.3 is 15.7 Å². The number of phenols is 1. The summed E-state index contributed by atoms with van der Waals surface area (Å²) in [6.45, 7) is 0. The molecule has 0 bridgehead atoms. The molecule has 1 aliphatic rings. The summed E-state index contributed by atoms with van der Waals surface area (Å²) >= 11 is 7.00. The number of rotatable bonds is 4. The quantitative estimate of drug-likeness (QED) is 0.764. The van der Waals surface area contributed by atoms with Gasteiger partial charge in [-0.3, -0.25) is 9.59 Å². The van der Waals surface area contributed by atoms with E-state index in [4.69, 9.17) is 11.6 Å². The third kappa shape index (κ3) is 4.74. The second-order valence-corrected chi connectivity index (χ2v) is 6.92. The zero-order chi connectivity index (χ0) is 17.8. The molecule has 1 atom stereocenters. The Bertz CT molecular complexity index is 822. The minimum atomic E-state index is -0.539. The molecular weight excluding hydrogens is 362 g/mol. The molecule has 0 saturated carbocycles. The van der Waals surface area contributed by atoms with Gasteiger partial charge in [-0.05, 0) is 48.5 Å². The number of benzene rings is 2. The second-order valence-electron chi connectivity index (χ2n) is 5.29. The number of thioether (sulfide) groups is 1. The molecule has 1 heterocycles. The van der Waals surface area contributed by atoms with E-state index in [1.807, 2.05) is 0 Å². The van der Waals surface area contributed by atoms with Gasteiger partial charge in [-0.1, -0.05) is 23.4 Å². The van der Waals surface area contributed by atoms with Gasteiger partial charge in [0.25, 0.3) is 0 Å².